The number of para-hydroxylation sites is 2. The molecule has 1 heterocycles. The molecule has 0 fully saturated rings. The third-order valence-corrected chi connectivity index (χ3v) is 5.67. The van der Waals surface area contributed by atoms with Crippen LogP contribution in [0, 0.1) is 5.41 Å². The summed E-state index contributed by atoms with van der Waals surface area (Å²) in [6, 6.07) is 34.4. The lowest BCUT2D eigenvalue weighted by Gasteiger charge is -2.09. The van der Waals surface area contributed by atoms with Crippen molar-refractivity contribution in [2.75, 3.05) is 0 Å². The molecule has 0 atom stereocenters. The highest BCUT2D eigenvalue weighted by Crippen LogP contribution is 2.35. The van der Waals surface area contributed by atoms with Gasteiger partial charge in [-0.3, -0.25) is 0 Å². The molecule has 30 heavy (non-hydrogen) atoms. The largest absolute Gasteiger partial charge is 0.309 e. The van der Waals surface area contributed by atoms with E-state index < -0.39 is 0 Å². The van der Waals surface area contributed by atoms with Gasteiger partial charge in [0.2, 0.25) is 0 Å². The minimum atomic E-state index is 1.09. The average Bonchev–Trinajstić information content (AvgIpc) is 3.13. The second-order valence-electron chi connectivity index (χ2n) is 7.52. The zero-order valence-electron chi connectivity index (χ0n) is 16.8. The first kappa shape index (κ1) is 18.1. The number of aromatic nitrogens is 1. The molecule has 144 valence electrons. The van der Waals surface area contributed by atoms with Gasteiger partial charge in [0.25, 0.3) is 0 Å². The second kappa shape index (κ2) is 7.49. The molecule has 0 spiro atoms. The Bertz CT molecular complexity index is 1410. The fraction of sp³-hybridized carbons (Fsp3) is 0.0357. The molecule has 0 amide bonds. The summed E-state index contributed by atoms with van der Waals surface area (Å²) in [5.74, 6) is 0. The van der Waals surface area contributed by atoms with E-state index in [2.05, 4.69) is 102 Å². The van der Waals surface area contributed by atoms with E-state index in [1.165, 1.54) is 44.8 Å². The van der Waals surface area contributed by atoms with Crippen molar-refractivity contribution in [1.82, 2.24) is 4.57 Å². The number of benzene rings is 4. The first-order valence-corrected chi connectivity index (χ1v) is 10.1. The number of hydrogen-bond acceptors (Lipinski definition) is 1. The Morgan fingerprint density at radius 2 is 1.43 bits per heavy atom. The Hall–Kier alpha value is -3.91. The Morgan fingerprint density at radius 3 is 2.27 bits per heavy atom. The van der Waals surface area contributed by atoms with Gasteiger partial charge in [0.05, 0.1) is 11.0 Å². The summed E-state index contributed by atoms with van der Waals surface area (Å²) in [4.78, 5) is 0. The zero-order valence-corrected chi connectivity index (χ0v) is 16.8. The molecule has 2 heteroatoms. The van der Waals surface area contributed by atoms with Gasteiger partial charge in [-0.25, -0.2) is 0 Å². The van der Waals surface area contributed by atoms with Crippen LogP contribution in [0.4, 0.5) is 0 Å². The van der Waals surface area contributed by atoms with Crippen molar-refractivity contribution in [1.29, 1.82) is 5.41 Å². The van der Waals surface area contributed by atoms with Crippen LogP contribution in [0.25, 0.3) is 44.2 Å². The molecule has 0 aliphatic rings. The molecule has 0 aliphatic carbocycles. The first-order chi connectivity index (χ1) is 14.8. The van der Waals surface area contributed by atoms with Crippen molar-refractivity contribution in [3.63, 3.8) is 0 Å². The van der Waals surface area contributed by atoms with Crippen molar-refractivity contribution in [2.45, 2.75) is 6.92 Å². The van der Waals surface area contributed by atoms with Gasteiger partial charge < -0.3 is 9.98 Å². The van der Waals surface area contributed by atoms with Crippen molar-refractivity contribution >= 4 is 33.6 Å². The monoisotopic (exact) mass is 386 g/mol. The highest BCUT2D eigenvalue weighted by molar-refractivity contribution is 6.10. The predicted octanol–water partition coefficient (Wildman–Crippen LogP) is 7.50. The van der Waals surface area contributed by atoms with Crippen LogP contribution in [0.2, 0.25) is 0 Å². The lowest BCUT2D eigenvalue weighted by atomic mass is 9.98. The molecule has 1 aromatic heterocycles. The molecule has 1 N–H and O–H groups in total. The Kier molecular flexibility index (Phi) is 4.53. The Morgan fingerprint density at radius 1 is 0.700 bits per heavy atom. The van der Waals surface area contributed by atoms with Crippen molar-refractivity contribution in [3.8, 4) is 16.8 Å². The molecule has 5 aromatic rings. The first-order valence-electron chi connectivity index (χ1n) is 10.1. The minimum absolute atomic E-state index is 1.09. The quantitative estimate of drug-likeness (QED) is 0.310. The Labute approximate surface area is 176 Å². The van der Waals surface area contributed by atoms with Gasteiger partial charge in [0.15, 0.2) is 0 Å². The van der Waals surface area contributed by atoms with E-state index in [9.17, 15) is 0 Å². The fourth-order valence-electron chi connectivity index (χ4n) is 4.17. The van der Waals surface area contributed by atoms with Gasteiger partial charge in [0.1, 0.15) is 0 Å². The van der Waals surface area contributed by atoms with E-state index in [1.807, 2.05) is 13.0 Å². The molecule has 2 nitrogen and oxygen atoms in total. The number of fused-ring (bicyclic) bond motifs is 3. The van der Waals surface area contributed by atoms with E-state index in [0.717, 1.165) is 11.1 Å². The van der Waals surface area contributed by atoms with Crippen molar-refractivity contribution in [2.24, 2.45) is 0 Å². The predicted molar refractivity (Wildman–Crippen MR) is 129 cm³/mol. The van der Waals surface area contributed by atoms with E-state index in [4.69, 9.17) is 5.41 Å². The van der Waals surface area contributed by atoms with Crippen molar-refractivity contribution < 1.29 is 0 Å². The lowest BCUT2D eigenvalue weighted by Crippen LogP contribution is -1.92. The third kappa shape index (κ3) is 3.03. The molecular weight excluding hydrogens is 364 g/mol. The number of rotatable bonds is 4. The number of hydrogen-bond donors (Lipinski definition) is 1. The summed E-state index contributed by atoms with van der Waals surface area (Å²) in [5.41, 5.74) is 8.21. The van der Waals surface area contributed by atoms with E-state index in [-0.39, 0.29) is 0 Å². The SMILES string of the molecule is C/C(=C\C=N)c1cccc(-c2ccc3c(c2)c2ccccc2n3-c2ccccc2)c1. The van der Waals surface area contributed by atoms with Gasteiger partial charge >= 0.3 is 0 Å². The molecule has 0 saturated carbocycles. The smallest absolute Gasteiger partial charge is 0.0541 e. The van der Waals surface area contributed by atoms with Crippen LogP contribution >= 0.6 is 0 Å². The summed E-state index contributed by atoms with van der Waals surface area (Å²) in [7, 11) is 0. The maximum Gasteiger partial charge on any atom is 0.0541 e. The lowest BCUT2D eigenvalue weighted by molar-refractivity contribution is 1.18. The maximum absolute atomic E-state index is 7.34. The van der Waals surface area contributed by atoms with E-state index in [0.29, 0.717) is 0 Å². The van der Waals surface area contributed by atoms with Crippen LogP contribution in [0.15, 0.2) is 103 Å². The summed E-state index contributed by atoms with van der Waals surface area (Å²) >= 11 is 0. The number of nitrogens with one attached hydrogen (secondary N) is 1. The second-order valence-corrected chi connectivity index (χ2v) is 7.52. The van der Waals surface area contributed by atoms with Crippen molar-refractivity contribution in [3.05, 3.63) is 109 Å². The van der Waals surface area contributed by atoms with Crippen LogP contribution in [0.5, 0.6) is 0 Å². The maximum atomic E-state index is 7.34. The fourth-order valence-corrected chi connectivity index (χ4v) is 4.17. The molecule has 0 saturated heterocycles. The molecule has 0 bridgehead atoms. The molecule has 5 rings (SSSR count). The van der Waals surface area contributed by atoms with Crippen LogP contribution in [-0.2, 0) is 0 Å². The van der Waals surface area contributed by atoms with Gasteiger partial charge in [-0.1, -0.05) is 60.7 Å². The van der Waals surface area contributed by atoms with Gasteiger partial charge in [-0.2, -0.15) is 0 Å². The third-order valence-electron chi connectivity index (χ3n) is 5.67. The summed E-state index contributed by atoms with van der Waals surface area (Å²) < 4.78 is 2.34. The van der Waals surface area contributed by atoms with Crippen LogP contribution in [0.3, 0.4) is 0 Å². The normalized spacial score (nSPS) is 11.8. The zero-order chi connectivity index (χ0) is 20.5. The average molecular weight is 386 g/mol. The number of nitrogens with zero attached hydrogens (tertiary/aromatic N) is 1. The highest BCUT2D eigenvalue weighted by atomic mass is 15.0. The summed E-state index contributed by atoms with van der Waals surface area (Å²) in [6.45, 7) is 2.04. The summed E-state index contributed by atoms with van der Waals surface area (Å²) in [5, 5.41) is 9.85. The molecule has 0 radical (unpaired) electrons. The van der Waals surface area contributed by atoms with Crippen LogP contribution in [0.1, 0.15) is 12.5 Å². The van der Waals surface area contributed by atoms with Gasteiger partial charge in [0, 0.05) is 22.7 Å². The van der Waals surface area contributed by atoms with Gasteiger partial charge in [-0.05, 0) is 71.7 Å². The molecular formula is C28H22N2. The topological polar surface area (TPSA) is 28.8 Å². The van der Waals surface area contributed by atoms with E-state index >= 15 is 0 Å². The highest BCUT2D eigenvalue weighted by Gasteiger charge is 2.13. The van der Waals surface area contributed by atoms with Crippen LogP contribution in [-0.4, -0.2) is 10.8 Å². The minimum Gasteiger partial charge on any atom is -0.309 e. The van der Waals surface area contributed by atoms with Gasteiger partial charge in [-0.15, -0.1) is 0 Å². The Balaban J connectivity index is 1.73. The molecule has 0 aliphatic heterocycles. The molecule has 0 unspecified atom stereocenters. The summed E-state index contributed by atoms with van der Waals surface area (Å²) in [6.07, 6.45) is 3.17. The van der Waals surface area contributed by atoms with Crippen LogP contribution < -0.4 is 0 Å². The molecule has 4 aromatic carbocycles. The number of allylic oxidation sites excluding steroid dienone is 2. The van der Waals surface area contributed by atoms with E-state index in [1.54, 1.807) is 0 Å². The standard InChI is InChI=1S/C28H22N2/c1-20(16-17-29)21-8-7-9-22(18-21)23-14-15-28-26(19-23)25-12-5-6-13-27(25)30(28)24-10-3-2-4-11-24/h2-19,29H,1H3/b20-16+,29-17?.